The fourth-order valence-corrected chi connectivity index (χ4v) is 3.50. The zero-order valence-electron chi connectivity index (χ0n) is 16.3. The number of fused-ring (bicyclic) bond motifs is 1. The quantitative estimate of drug-likeness (QED) is 0.738. The second kappa shape index (κ2) is 8.81. The van der Waals surface area contributed by atoms with Crippen LogP contribution in [0, 0.1) is 5.92 Å². The van der Waals surface area contributed by atoms with Crippen molar-refractivity contribution < 1.29 is 23.9 Å². The maximum atomic E-state index is 12.5. The summed E-state index contributed by atoms with van der Waals surface area (Å²) in [5, 5.41) is 5.24. The number of pyridine rings is 1. The summed E-state index contributed by atoms with van der Waals surface area (Å²) in [6.07, 6.45) is 4.73. The molecule has 9 heteroatoms. The van der Waals surface area contributed by atoms with Crippen molar-refractivity contribution in [1.29, 1.82) is 0 Å². The number of amides is 3. The molecule has 0 bridgehead atoms. The second-order valence-electron chi connectivity index (χ2n) is 7.20. The SMILES string of the molecule is O=C(NCC1CCN(C(=O)c2ccncc2)CC1)C(=O)Nc1ccc2c(c1)OCO2. The molecule has 1 fully saturated rings. The fourth-order valence-electron chi connectivity index (χ4n) is 3.50. The van der Waals surface area contributed by atoms with Gasteiger partial charge in [-0.2, -0.15) is 0 Å². The van der Waals surface area contributed by atoms with Gasteiger partial charge in [-0.25, -0.2) is 0 Å². The Morgan fingerprint density at radius 2 is 1.73 bits per heavy atom. The average molecular weight is 410 g/mol. The minimum Gasteiger partial charge on any atom is -0.454 e. The Morgan fingerprint density at radius 1 is 1.00 bits per heavy atom. The standard InChI is InChI=1S/C21H22N4O5/c26-19(20(27)24-16-1-2-17-18(11-16)30-13-29-17)23-12-14-5-9-25(10-6-14)21(28)15-3-7-22-8-4-15/h1-4,7-8,11,14H,5-6,9-10,12-13H2,(H,23,26)(H,24,27). The van der Waals surface area contributed by atoms with Crippen molar-refractivity contribution in [3.05, 3.63) is 48.3 Å². The van der Waals surface area contributed by atoms with Gasteiger partial charge in [0, 0.05) is 49.3 Å². The third-order valence-electron chi connectivity index (χ3n) is 5.22. The zero-order chi connectivity index (χ0) is 20.9. The molecule has 1 aromatic heterocycles. The van der Waals surface area contributed by atoms with E-state index >= 15 is 0 Å². The monoisotopic (exact) mass is 410 g/mol. The summed E-state index contributed by atoms with van der Waals surface area (Å²) in [6, 6.07) is 8.34. The number of hydrogen-bond donors (Lipinski definition) is 2. The van der Waals surface area contributed by atoms with Crippen molar-refractivity contribution in [3.8, 4) is 11.5 Å². The van der Waals surface area contributed by atoms with Crippen molar-refractivity contribution in [2.24, 2.45) is 5.92 Å². The van der Waals surface area contributed by atoms with E-state index in [0.717, 1.165) is 12.8 Å². The van der Waals surface area contributed by atoms with Gasteiger partial charge in [-0.15, -0.1) is 0 Å². The lowest BCUT2D eigenvalue weighted by molar-refractivity contribution is -0.136. The number of piperidine rings is 1. The van der Waals surface area contributed by atoms with Crippen molar-refractivity contribution >= 4 is 23.4 Å². The van der Waals surface area contributed by atoms with Gasteiger partial charge in [-0.1, -0.05) is 0 Å². The van der Waals surface area contributed by atoms with Crippen molar-refractivity contribution in [1.82, 2.24) is 15.2 Å². The highest BCUT2D eigenvalue weighted by molar-refractivity contribution is 6.39. The Labute approximate surface area is 173 Å². The molecule has 2 aliphatic rings. The van der Waals surface area contributed by atoms with Crippen LogP contribution < -0.4 is 20.1 Å². The molecule has 0 saturated carbocycles. The highest BCUT2D eigenvalue weighted by Crippen LogP contribution is 2.34. The number of ether oxygens (including phenoxy) is 2. The van der Waals surface area contributed by atoms with Crippen LogP contribution in [0.2, 0.25) is 0 Å². The van der Waals surface area contributed by atoms with Gasteiger partial charge in [0.1, 0.15) is 0 Å². The number of carbonyl (C=O) groups is 3. The van der Waals surface area contributed by atoms with Gasteiger partial charge in [-0.05, 0) is 43.0 Å². The second-order valence-corrected chi connectivity index (χ2v) is 7.20. The zero-order valence-corrected chi connectivity index (χ0v) is 16.3. The minimum absolute atomic E-state index is 0.0111. The van der Waals surface area contributed by atoms with E-state index in [9.17, 15) is 14.4 Å². The summed E-state index contributed by atoms with van der Waals surface area (Å²) in [5.74, 6) is -0.0913. The van der Waals surface area contributed by atoms with Crippen LogP contribution in [-0.2, 0) is 9.59 Å². The molecule has 0 radical (unpaired) electrons. The first kappa shape index (κ1) is 19.7. The minimum atomic E-state index is -0.737. The molecule has 9 nitrogen and oxygen atoms in total. The van der Waals surface area contributed by atoms with E-state index in [2.05, 4.69) is 15.6 Å². The van der Waals surface area contributed by atoms with Crippen LogP contribution in [0.3, 0.4) is 0 Å². The first-order valence-corrected chi connectivity index (χ1v) is 9.78. The molecule has 1 aromatic carbocycles. The number of aromatic nitrogens is 1. The number of anilines is 1. The summed E-state index contributed by atoms with van der Waals surface area (Å²) in [7, 11) is 0. The molecule has 2 aliphatic heterocycles. The largest absolute Gasteiger partial charge is 0.454 e. The molecule has 2 aromatic rings. The molecular weight excluding hydrogens is 388 g/mol. The normalized spacial score (nSPS) is 15.5. The Kier molecular flexibility index (Phi) is 5.78. The predicted octanol–water partition coefficient (Wildman–Crippen LogP) is 1.42. The molecule has 0 spiro atoms. The van der Waals surface area contributed by atoms with Gasteiger partial charge in [-0.3, -0.25) is 19.4 Å². The molecule has 0 unspecified atom stereocenters. The van der Waals surface area contributed by atoms with Crippen molar-refractivity contribution in [2.75, 3.05) is 31.7 Å². The van der Waals surface area contributed by atoms with Crippen molar-refractivity contribution in [2.45, 2.75) is 12.8 Å². The third-order valence-corrected chi connectivity index (χ3v) is 5.22. The molecule has 30 heavy (non-hydrogen) atoms. The van der Waals surface area contributed by atoms with Crippen LogP contribution in [0.1, 0.15) is 23.2 Å². The Bertz CT molecular complexity index is 942. The highest BCUT2D eigenvalue weighted by atomic mass is 16.7. The molecule has 3 amide bonds. The average Bonchev–Trinajstić information content (AvgIpc) is 3.26. The van der Waals surface area contributed by atoms with Crippen LogP contribution in [0.5, 0.6) is 11.5 Å². The maximum Gasteiger partial charge on any atom is 0.313 e. The van der Waals surface area contributed by atoms with Gasteiger partial charge in [0.05, 0.1) is 0 Å². The number of nitrogens with zero attached hydrogens (tertiary/aromatic N) is 2. The highest BCUT2D eigenvalue weighted by Gasteiger charge is 2.25. The van der Waals surface area contributed by atoms with Crippen LogP contribution >= 0.6 is 0 Å². The first-order chi connectivity index (χ1) is 14.6. The van der Waals surface area contributed by atoms with Crippen LogP contribution in [0.15, 0.2) is 42.7 Å². The predicted molar refractivity (Wildman–Crippen MR) is 107 cm³/mol. The number of hydrogen-bond acceptors (Lipinski definition) is 6. The molecule has 0 aliphatic carbocycles. The summed E-state index contributed by atoms with van der Waals surface area (Å²) in [6.45, 7) is 1.76. The molecule has 4 rings (SSSR count). The summed E-state index contributed by atoms with van der Waals surface area (Å²) in [5.41, 5.74) is 1.08. The lowest BCUT2D eigenvalue weighted by atomic mass is 9.96. The van der Waals surface area contributed by atoms with E-state index in [1.54, 1.807) is 47.6 Å². The Hall–Kier alpha value is -3.62. The van der Waals surface area contributed by atoms with Gasteiger partial charge in [0.2, 0.25) is 6.79 Å². The third kappa shape index (κ3) is 4.51. The maximum absolute atomic E-state index is 12.5. The van der Waals surface area contributed by atoms with E-state index in [-0.39, 0.29) is 18.6 Å². The molecule has 3 heterocycles. The molecule has 2 N–H and O–H groups in total. The number of carbonyl (C=O) groups excluding carboxylic acids is 3. The van der Waals surface area contributed by atoms with Crippen LogP contribution in [-0.4, -0.2) is 54.0 Å². The fraction of sp³-hybridized carbons (Fsp3) is 0.333. The number of likely N-dealkylation sites (tertiary alicyclic amines) is 1. The molecule has 0 atom stereocenters. The van der Waals surface area contributed by atoms with E-state index in [0.29, 0.717) is 42.4 Å². The van der Waals surface area contributed by atoms with Gasteiger partial charge in [0.15, 0.2) is 11.5 Å². The number of rotatable bonds is 4. The van der Waals surface area contributed by atoms with Crippen LogP contribution in [0.4, 0.5) is 5.69 Å². The molecule has 1 saturated heterocycles. The molecular formula is C21H22N4O5. The van der Waals surface area contributed by atoms with Crippen molar-refractivity contribution in [3.63, 3.8) is 0 Å². The Balaban J connectivity index is 1.21. The Morgan fingerprint density at radius 3 is 2.50 bits per heavy atom. The van der Waals surface area contributed by atoms with E-state index < -0.39 is 11.8 Å². The number of nitrogens with one attached hydrogen (secondary N) is 2. The van der Waals surface area contributed by atoms with E-state index in [1.807, 2.05) is 0 Å². The number of benzene rings is 1. The molecule has 156 valence electrons. The van der Waals surface area contributed by atoms with E-state index in [1.165, 1.54) is 0 Å². The van der Waals surface area contributed by atoms with Crippen LogP contribution in [0.25, 0.3) is 0 Å². The lowest BCUT2D eigenvalue weighted by Crippen LogP contribution is -2.43. The summed E-state index contributed by atoms with van der Waals surface area (Å²) >= 11 is 0. The summed E-state index contributed by atoms with van der Waals surface area (Å²) < 4.78 is 10.5. The lowest BCUT2D eigenvalue weighted by Gasteiger charge is -2.32. The van der Waals surface area contributed by atoms with Gasteiger partial charge >= 0.3 is 11.8 Å². The first-order valence-electron chi connectivity index (χ1n) is 9.78. The van der Waals surface area contributed by atoms with E-state index in [4.69, 9.17) is 9.47 Å². The van der Waals surface area contributed by atoms with Gasteiger partial charge < -0.3 is 25.0 Å². The topological polar surface area (TPSA) is 110 Å². The summed E-state index contributed by atoms with van der Waals surface area (Å²) in [4.78, 5) is 42.5. The van der Waals surface area contributed by atoms with Gasteiger partial charge in [0.25, 0.3) is 5.91 Å². The smallest absolute Gasteiger partial charge is 0.313 e.